The molecule has 0 saturated carbocycles. The van der Waals surface area contributed by atoms with Gasteiger partial charge in [0.15, 0.2) is 0 Å². The van der Waals surface area contributed by atoms with Crippen LogP contribution in [0.25, 0.3) is 11.6 Å². The summed E-state index contributed by atoms with van der Waals surface area (Å²) < 4.78 is 28.1. The molecule has 2 aromatic carbocycles. The van der Waals surface area contributed by atoms with Gasteiger partial charge in [-0.1, -0.05) is 18.2 Å². The third-order valence-corrected chi connectivity index (χ3v) is 4.04. The maximum atomic E-state index is 14.3. The first-order chi connectivity index (χ1) is 11.2. The van der Waals surface area contributed by atoms with Gasteiger partial charge in [0.1, 0.15) is 11.6 Å². The molecule has 3 rings (SSSR count). The molecule has 1 heterocycles. The predicted octanol–water partition coefficient (Wildman–Crippen LogP) is 4.63. The van der Waals surface area contributed by atoms with Crippen LogP contribution in [0.3, 0.4) is 0 Å². The molecule has 0 aromatic heterocycles. The van der Waals surface area contributed by atoms with E-state index in [4.69, 9.17) is 0 Å². The van der Waals surface area contributed by atoms with Gasteiger partial charge in [0.05, 0.1) is 11.6 Å². The average molecular weight is 310 g/mol. The topological polar surface area (TPSA) is 27.0 Å². The van der Waals surface area contributed by atoms with Crippen LogP contribution in [0.4, 0.5) is 14.5 Å². The minimum atomic E-state index is -0.491. The van der Waals surface area contributed by atoms with Gasteiger partial charge in [0.2, 0.25) is 0 Å². The highest BCUT2D eigenvalue weighted by molar-refractivity contribution is 5.90. The van der Waals surface area contributed by atoms with Crippen molar-refractivity contribution in [3.63, 3.8) is 0 Å². The van der Waals surface area contributed by atoms with Gasteiger partial charge in [0.25, 0.3) is 0 Å². The van der Waals surface area contributed by atoms with E-state index in [1.54, 1.807) is 18.2 Å². The predicted molar refractivity (Wildman–Crippen MR) is 87.7 cm³/mol. The largest absolute Gasteiger partial charge is 0.371 e. The molecule has 1 fully saturated rings. The average Bonchev–Trinajstić information content (AvgIpc) is 3.09. The smallest absolute Gasteiger partial charge is 0.132 e. The van der Waals surface area contributed by atoms with Crippen molar-refractivity contribution in [1.29, 1.82) is 5.26 Å². The quantitative estimate of drug-likeness (QED) is 0.610. The van der Waals surface area contributed by atoms with Crippen LogP contribution in [0.2, 0.25) is 0 Å². The molecule has 0 amide bonds. The summed E-state index contributed by atoms with van der Waals surface area (Å²) in [6, 6.07) is 12.9. The Balaban J connectivity index is 1.94. The van der Waals surface area contributed by atoms with E-state index in [1.807, 2.05) is 12.1 Å². The maximum absolute atomic E-state index is 14.3. The zero-order chi connectivity index (χ0) is 16.2. The Morgan fingerprint density at radius 3 is 2.43 bits per heavy atom. The second-order valence-corrected chi connectivity index (χ2v) is 5.55. The van der Waals surface area contributed by atoms with Crippen molar-refractivity contribution < 1.29 is 8.78 Å². The number of hydrogen-bond donors (Lipinski definition) is 0. The van der Waals surface area contributed by atoms with E-state index < -0.39 is 11.6 Å². The van der Waals surface area contributed by atoms with Crippen LogP contribution in [0.15, 0.2) is 42.5 Å². The Bertz CT molecular complexity index is 784. The van der Waals surface area contributed by atoms with Crippen LogP contribution in [0, 0.1) is 23.0 Å². The lowest BCUT2D eigenvalue weighted by Gasteiger charge is -2.17. The van der Waals surface area contributed by atoms with E-state index in [-0.39, 0.29) is 16.7 Å². The SMILES string of the molecule is N#C/C(=C/c1ccc(N2CCCC2)cc1F)c1ccccc1F. The summed E-state index contributed by atoms with van der Waals surface area (Å²) >= 11 is 0. The molecule has 4 heteroatoms. The molecule has 1 aliphatic rings. The Hall–Kier alpha value is -2.67. The number of benzene rings is 2. The normalized spacial score (nSPS) is 14.8. The van der Waals surface area contributed by atoms with Crippen LogP contribution < -0.4 is 4.90 Å². The highest BCUT2D eigenvalue weighted by Gasteiger charge is 2.14. The van der Waals surface area contributed by atoms with Crippen molar-refractivity contribution >= 4 is 17.3 Å². The van der Waals surface area contributed by atoms with E-state index in [2.05, 4.69) is 4.90 Å². The van der Waals surface area contributed by atoms with Crippen molar-refractivity contribution in [2.24, 2.45) is 0 Å². The first kappa shape index (κ1) is 15.2. The number of hydrogen-bond acceptors (Lipinski definition) is 2. The molecule has 2 nitrogen and oxygen atoms in total. The molecule has 23 heavy (non-hydrogen) atoms. The van der Waals surface area contributed by atoms with Crippen molar-refractivity contribution in [2.45, 2.75) is 12.8 Å². The molecule has 0 N–H and O–H groups in total. The molecular weight excluding hydrogens is 294 g/mol. The first-order valence-electron chi connectivity index (χ1n) is 7.60. The maximum Gasteiger partial charge on any atom is 0.132 e. The summed E-state index contributed by atoms with van der Waals surface area (Å²) in [7, 11) is 0. The molecule has 0 spiro atoms. The monoisotopic (exact) mass is 310 g/mol. The number of halogens is 2. The lowest BCUT2D eigenvalue weighted by Crippen LogP contribution is -2.17. The Kier molecular flexibility index (Phi) is 4.38. The van der Waals surface area contributed by atoms with E-state index >= 15 is 0 Å². The number of nitriles is 1. The summed E-state index contributed by atoms with van der Waals surface area (Å²) in [4.78, 5) is 2.14. The summed E-state index contributed by atoms with van der Waals surface area (Å²) in [5.41, 5.74) is 1.42. The first-order valence-corrected chi connectivity index (χ1v) is 7.60. The highest BCUT2D eigenvalue weighted by atomic mass is 19.1. The fraction of sp³-hybridized carbons (Fsp3) is 0.211. The second-order valence-electron chi connectivity index (χ2n) is 5.55. The Morgan fingerprint density at radius 1 is 1.04 bits per heavy atom. The fourth-order valence-electron chi connectivity index (χ4n) is 2.81. The van der Waals surface area contributed by atoms with Gasteiger partial charge < -0.3 is 4.90 Å². The van der Waals surface area contributed by atoms with Crippen molar-refractivity contribution in [3.8, 4) is 6.07 Å². The number of nitrogens with zero attached hydrogens (tertiary/aromatic N) is 2. The third-order valence-electron chi connectivity index (χ3n) is 4.04. The summed E-state index contributed by atoms with van der Waals surface area (Å²) in [5.74, 6) is -0.895. The zero-order valence-corrected chi connectivity index (χ0v) is 12.6. The number of allylic oxidation sites excluding steroid dienone is 1. The molecule has 0 aliphatic carbocycles. The molecule has 2 aromatic rings. The molecule has 1 aliphatic heterocycles. The lowest BCUT2D eigenvalue weighted by molar-refractivity contribution is 0.623. The molecular formula is C19H16F2N2. The number of anilines is 1. The van der Waals surface area contributed by atoms with Crippen LogP contribution in [-0.4, -0.2) is 13.1 Å². The van der Waals surface area contributed by atoms with E-state index in [0.29, 0.717) is 0 Å². The van der Waals surface area contributed by atoms with Gasteiger partial charge in [0, 0.05) is 29.9 Å². The van der Waals surface area contributed by atoms with Gasteiger partial charge in [-0.3, -0.25) is 0 Å². The lowest BCUT2D eigenvalue weighted by atomic mass is 10.0. The Labute approximate surface area is 134 Å². The number of rotatable bonds is 3. The summed E-state index contributed by atoms with van der Waals surface area (Å²) in [6.45, 7) is 1.88. The van der Waals surface area contributed by atoms with Gasteiger partial charge in [-0.15, -0.1) is 0 Å². The van der Waals surface area contributed by atoms with Crippen molar-refractivity contribution in [3.05, 3.63) is 65.2 Å². The molecule has 1 saturated heterocycles. The fourth-order valence-corrected chi connectivity index (χ4v) is 2.81. The van der Waals surface area contributed by atoms with Crippen LogP contribution in [0.1, 0.15) is 24.0 Å². The van der Waals surface area contributed by atoms with Gasteiger partial charge in [-0.25, -0.2) is 8.78 Å². The molecule has 0 bridgehead atoms. The van der Waals surface area contributed by atoms with E-state index in [9.17, 15) is 14.0 Å². The zero-order valence-electron chi connectivity index (χ0n) is 12.6. The molecule has 0 atom stereocenters. The Morgan fingerprint density at radius 2 is 1.78 bits per heavy atom. The van der Waals surface area contributed by atoms with Crippen molar-refractivity contribution in [2.75, 3.05) is 18.0 Å². The van der Waals surface area contributed by atoms with Crippen LogP contribution >= 0.6 is 0 Å². The third kappa shape index (κ3) is 3.24. The standard InChI is InChI=1S/C19H16F2N2/c20-18-6-2-1-5-17(18)15(13-22)11-14-7-8-16(12-19(14)21)23-9-3-4-10-23/h1-2,5-8,11-12H,3-4,9-10H2/b15-11-. The molecule has 0 radical (unpaired) electrons. The highest BCUT2D eigenvalue weighted by Crippen LogP contribution is 2.26. The van der Waals surface area contributed by atoms with E-state index in [0.717, 1.165) is 31.6 Å². The van der Waals surface area contributed by atoms with E-state index in [1.165, 1.54) is 24.3 Å². The molecule has 0 unspecified atom stereocenters. The summed E-state index contributed by atoms with van der Waals surface area (Å²) in [5, 5.41) is 9.27. The summed E-state index contributed by atoms with van der Waals surface area (Å²) in [6.07, 6.45) is 3.63. The van der Waals surface area contributed by atoms with Crippen LogP contribution in [-0.2, 0) is 0 Å². The minimum Gasteiger partial charge on any atom is -0.371 e. The van der Waals surface area contributed by atoms with Crippen LogP contribution in [0.5, 0.6) is 0 Å². The van der Waals surface area contributed by atoms with Gasteiger partial charge >= 0.3 is 0 Å². The van der Waals surface area contributed by atoms with Gasteiger partial charge in [-0.2, -0.15) is 5.26 Å². The van der Waals surface area contributed by atoms with Gasteiger partial charge in [-0.05, 0) is 43.2 Å². The van der Waals surface area contributed by atoms with Crippen molar-refractivity contribution in [1.82, 2.24) is 0 Å². The minimum absolute atomic E-state index is 0.107. The second kappa shape index (κ2) is 6.62. The molecule has 116 valence electrons.